The molecule has 1 rings (SSSR count). The van der Waals surface area contributed by atoms with Crippen LogP contribution in [-0.4, -0.2) is 29.3 Å². The molecule has 86 valence electrons. The van der Waals surface area contributed by atoms with Gasteiger partial charge in [0.05, 0.1) is 6.42 Å². The fourth-order valence-electron chi connectivity index (χ4n) is 1.16. The predicted molar refractivity (Wildman–Crippen MR) is 62.3 cm³/mol. The van der Waals surface area contributed by atoms with E-state index in [0.29, 0.717) is 13.1 Å². The minimum absolute atomic E-state index is 0.132. The van der Waals surface area contributed by atoms with Gasteiger partial charge in [-0.1, -0.05) is 24.3 Å². The first-order chi connectivity index (χ1) is 7.68. The molecule has 0 bridgehead atoms. The normalized spacial score (nSPS) is 10.8. The SMILES string of the molecule is O=C(O)CCNCC=Cc1ccc(O)cc1. The number of phenols is 1. The van der Waals surface area contributed by atoms with Crippen LogP contribution in [0, 0.1) is 0 Å². The van der Waals surface area contributed by atoms with Crippen molar-refractivity contribution in [3.05, 3.63) is 35.9 Å². The van der Waals surface area contributed by atoms with Gasteiger partial charge in [0, 0.05) is 13.1 Å². The van der Waals surface area contributed by atoms with Crippen molar-refractivity contribution in [3.63, 3.8) is 0 Å². The molecule has 1 aromatic carbocycles. The van der Waals surface area contributed by atoms with Crippen molar-refractivity contribution in [2.75, 3.05) is 13.1 Å². The van der Waals surface area contributed by atoms with Crippen LogP contribution in [0.25, 0.3) is 6.08 Å². The number of hydrogen-bond donors (Lipinski definition) is 3. The minimum Gasteiger partial charge on any atom is -0.508 e. The molecule has 16 heavy (non-hydrogen) atoms. The Labute approximate surface area is 94.2 Å². The highest BCUT2D eigenvalue weighted by Gasteiger charge is 1.93. The zero-order chi connectivity index (χ0) is 11.8. The molecule has 3 N–H and O–H groups in total. The highest BCUT2D eigenvalue weighted by Crippen LogP contribution is 2.10. The second-order valence-electron chi connectivity index (χ2n) is 3.34. The van der Waals surface area contributed by atoms with Crippen LogP contribution in [0.3, 0.4) is 0 Å². The van der Waals surface area contributed by atoms with E-state index in [4.69, 9.17) is 10.2 Å². The summed E-state index contributed by atoms with van der Waals surface area (Å²) in [6, 6.07) is 6.86. The van der Waals surface area contributed by atoms with Crippen LogP contribution in [0.5, 0.6) is 5.75 Å². The van der Waals surface area contributed by atoms with E-state index in [0.717, 1.165) is 5.56 Å². The van der Waals surface area contributed by atoms with Crippen LogP contribution in [0.2, 0.25) is 0 Å². The van der Waals surface area contributed by atoms with Crippen molar-refractivity contribution < 1.29 is 15.0 Å². The van der Waals surface area contributed by atoms with Crippen LogP contribution < -0.4 is 5.32 Å². The molecular formula is C12H15NO3. The van der Waals surface area contributed by atoms with Crippen molar-refractivity contribution in [2.45, 2.75) is 6.42 Å². The second-order valence-corrected chi connectivity index (χ2v) is 3.34. The first-order valence-electron chi connectivity index (χ1n) is 5.06. The third-order valence-electron chi connectivity index (χ3n) is 1.98. The Kier molecular flexibility index (Phi) is 5.08. The lowest BCUT2D eigenvalue weighted by atomic mass is 10.2. The molecule has 0 saturated heterocycles. The van der Waals surface area contributed by atoms with E-state index in [2.05, 4.69) is 5.32 Å². The fourth-order valence-corrected chi connectivity index (χ4v) is 1.16. The first-order valence-corrected chi connectivity index (χ1v) is 5.06. The molecule has 0 unspecified atom stereocenters. The van der Waals surface area contributed by atoms with Crippen molar-refractivity contribution in [1.29, 1.82) is 0 Å². The van der Waals surface area contributed by atoms with E-state index in [1.165, 1.54) is 0 Å². The number of nitrogens with one attached hydrogen (secondary N) is 1. The summed E-state index contributed by atoms with van der Waals surface area (Å²) in [6.45, 7) is 1.10. The summed E-state index contributed by atoms with van der Waals surface area (Å²) in [7, 11) is 0. The molecule has 0 aliphatic carbocycles. The molecule has 4 heteroatoms. The van der Waals surface area contributed by atoms with Crippen LogP contribution in [0.1, 0.15) is 12.0 Å². The molecule has 0 saturated carbocycles. The Hall–Kier alpha value is -1.81. The number of carbonyl (C=O) groups is 1. The maximum absolute atomic E-state index is 10.2. The van der Waals surface area contributed by atoms with E-state index in [-0.39, 0.29) is 12.2 Å². The van der Waals surface area contributed by atoms with E-state index in [1.54, 1.807) is 12.1 Å². The van der Waals surface area contributed by atoms with Gasteiger partial charge in [-0.3, -0.25) is 4.79 Å². The van der Waals surface area contributed by atoms with Crippen molar-refractivity contribution in [1.82, 2.24) is 5.32 Å². The predicted octanol–water partition coefficient (Wildman–Crippen LogP) is 1.47. The number of phenolic OH excluding ortho intramolecular Hbond substituents is 1. The Balaban J connectivity index is 2.22. The molecule has 0 fully saturated rings. The van der Waals surface area contributed by atoms with Gasteiger partial charge in [-0.2, -0.15) is 0 Å². The van der Waals surface area contributed by atoms with Gasteiger partial charge in [0.15, 0.2) is 0 Å². The lowest BCUT2D eigenvalue weighted by molar-refractivity contribution is -0.136. The molecule has 0 heterocycles. The zero-order valence-corrected chi connectivity index (χ0v) is 8.89. The van der Waals surface area contributed by atoms with Crippen molar-refractivity contribution >= 4 is 12.0 Å². The number of carboxylic acid groups (broad SMARTS) is 1. The quantitative estimate of drug-likeness (QED) is 0.636. The van der Waals surface area contributed by atoms with E-state index >= 15 is 0 Å². The fraction of sp³-hybridized carbons (Fsp3) is 0.250. The van der Waals surface area contributed by atoms with Gasteiger partial charge in [0.25, 0.3) is 0 Å². The molecule has 0 radical (unpaired) electrons. The zero-order valence-electron chi connectivity index (χ0n) is 8.89. The largest absolute Gasteiger partial charge is 0.508 e. The van der Waals surface area contributed by atoms with Crippen LogP contribution in [0.15, 0.2) is 30.3 Å². The third-order valence-corrected chi connectivity index (χ3v) is 1.98. The molecule has 1 aromatic rings. The molecule has 0 atom stereocenters. The van der Waals surface area contributed by atoms with Crippen LogP contribution >= 0.6 is 0 Å². The van der Waals surface area contributed by atoms with Crippen molar-refractivity contribution in [2.24, 2.45) is 0 Å². The molecule has 0 amide bonds. The second kappa shape index (κ2) is 6.63. The molecule has 0 aromatic heterocycles. The molecule has 0 aliphatic rings. The first kappa shape index (κ1) is 12.3. The van der Waals surface area contributed by atoms with E-state index in [9.17, 15) is 4.79 Å². The average molecular weight is 221 g/mol. The van der Waals surface area contributed by atoms with Gasteiger partial charge in [0.2, 0.25) is 0 Å². The topological polar surface area (TPSA) is 69.6 Å². The lowest BCUT2D eigenvalue weighted by Crippen LogP contribution is -2.17. The van der Waals surface area contributed by atoms with E-state index < -0.39 is 5.97 Å². The summed E-state index contributed by atoms with van der Waals surface area (Å²) in [5.41, 5.74) is 0.998. The van der Waals surface area contributed by atoms with Gasteiger partial charge >= 0.3 is 5.97 Å². The third kappa shape index (κ3) is 5.17. The Bertz CT molecular complexity index is 357. The standard InChI is InChI=1S/C12H15NO3/c14-11-5-3-10(4-6-11)2-1-8-13-9-7-12(15)16/h1-6,13-14H,7-9H2,(H,15,16). The summed E-state index contributed by atoms with van der Waals surface area (Å²) in [5.74, 6) is -0.549. The minimum atomic E-state index is -0.796. The summed E-state index contributed by atoms with van der Waals surface area (Å²) in [4.78, 5) is 10.2. The van der Waals surface area contributed by atoms with Crippen molar-refractivity contribution in [3.8, 4) is 5.75 Å². The number of carboxylic acids is 1. The number of aromatic hydroxyl groups is 1. The highest BCUT2D eigenvalue weighted by atomic mass is 16.4. The molecular weight excluding hydrogens is 206 g/mol. The lowest BCUT2D eigenvalue weighted by Gasteiger charge is -1.97. The van der Waals surface area contributed by atoms with E-state index in [1.807, 2.05) is 24.3 Å². The van der Waals surface area contributed by atoms with Crippen LogP contribution in [0.4, 0.5) is 0 Å². The van der Waals surface area contributed by atoms with Gasteiger partial charge in [-0.05, 0) is 17.7 Å². The van der Waals surface area contributed by atoms with Gasteiger partial charge in [0.1, 0.15) is 5.75 Å². The molecule has 0 aliphatic heterocycles. The Morgan fingerprint density at radius 1 is 1.31 bits per heavy atom. The summed E-state index contributed by atoms with van der Waals surface area (Å²) in [5, 5.41) is 20.4. The van der Waals surface area contributed by atoms with Gasteiger partial charge in [-0.15, -0.1) is 0 Å². The maximum atomic E-state index is 10.2. The molecule has 4 nitrogen and oxygen atoms in total. The number of rotatable bonds is 6. The average Bonchev–Trinajstić information content (AvgIpc) is 2.25. The van der Waals surface area contributed by atoms with Gasteiger partial charge in [-0.25, -0.2) is 0 Å². The monoisotopic (exact) mass is 221 g/mol. The smallest absolute Gasteiger partial charge is 0.304 e. The maximum Gasteiger partial charge on any atom is 0.304 e. The summed E-state index contributed by atoms with van der Waals surface area (Å²) < 4.78 is 0. The number of aliphatic carboxylic acids is 1. The summed E-state index contributed by atoms with van der Waals surface area (Å²) >= 11 is 0. The number of hydrogen-bond acceptors (Lipinski definition) is 3. The summed E-state index contributed by atoms with van der Waals surface area (Å²) in [6.07, 6.45) is 3.95. The van der Waals surface area contributed by atoms with Crippen LogP contribution in [-0.2, 0) is 4.79 Å². The Morgan fingerprint density at radius 3 is 2.62 bits per heavy atom. The number of benzene rings is 1. The van der Waals surface area contributed by atoms with Gasteiger partial charge < -0.3 is 15.5 Å². The highest BCUT2D eigenvalue weighted by molar-refractivity contribution is 5.66. The molecule has 0 spiro atoms. The Morgan fingerprint density at radius 2 is 2.00 bits per heavy atom.